The molecule has 0 aliphatic heterocycles. The molecule has 0 atom stereocenters. The topological polar surface area (TPSA) is 12.9 Å². The van der Waals surface area contributed by atoms with Crippen LogP contribution < -0.4 is 0 Å². The van der Waals surface area contributed by atoms with Crippen LogP contribution in [0.2, 0.25) is 0 Å². The van der Waals surface area contributed by atoms with Crippen molar-refractivity contribution in [2.75, 3.05) is 0 Å². The van der Waals surface area contributed by atoms with Gasteiger partial charge in [0.25, 0.3) is 0 Å². The highest BCUT2D eigenvalue weighted by molar-refractivity contribution is 6.09. The number of hydrogen-bond acceptors (Lipinski definition) is 1. The molecule has 1 aliphatic carbocycles. The van der Waals surface area contributed by atoms with Gasteiger partial charge in [0.15, 0.2) is 0 Å². The lowest BCUT2D eigenvalue weighted by atomic mass is 9.88. The van der Waals surface area contributed by atoms with E-state index in [-0.39, 0.29) is 0 Å². The van der Waals surface area contributed by atoms with E-state index in [0.29, 0.717) is 0 Å². The number of fused-ring (bicyclic) bond motifs is 6. The highest BCUT2D eigenvalue weighted by Crippen LogP contribution is 2.32. The second kappa shape index (κ2) is 4.54. The van der Waals surface area contributed by atoms with Crippen molar-refractivity contribution in [2.24, 2.45) is 0 Å². The normalized spacial score (nSPS) is 14.5. The smallest absolute Gasteiger partial charge is 0.0716 e. The standard InChI is InChI=1S/C21H17N/c1-3-7-16-14(5-1)9-11-20-18(16)13-19-17-8-4-2-6-15(17)10-12-21(19)22-20/h1,3,5,7,9-13H,2,4,6,8H2. The third-order valence-electron chi connectivity index (χ3n) is 5.03. The Labute approximate surface area is 129 Å². The number of hydrogen-bond donors (Lipinski definition) is 0. The predicted octanol–water partition coefficient (Wildman–Crippen LogP) is 5.42. The van der Waals surface area contributed by atoms with E-state index >= 15 is 0 Å². The van der Waals surface area contributed by atoms with Crippen molar-refractivity contribution in [1.82, 2.24) is 4.98 Å². The Balaban J connectivity index is 1.95. The molecule has 0 spiro atoms. The van der Waals surface area contributed by atoms with Crippen LogP contribution in [0.1, 0.15) is 24.0 Å². The maximum absolute atomic E-state index is 4.94. The van der Waals surface area contributed by atoms with Crippen LogP contribution in [0.4, 0.5) is 0 Å². The molecule has 1 aliphatic rings. The van der Waals surface area contributed by atoms with Gasteiger partial charge >= 0.3 is 0 Å². The minimum absolute atomic E-state index is 1.10. The van der Waals surface area contributed by atoms with Crippen LogP contribution in [0.15, 0.2) is 54.6 Å². The summed E-state index contributed by atoms with van der Waals surface area (Å²) in [5.74, 6) is 0. The van der Waals surface area contributed by atoms with Crippen LogP contribution in [-0.2, 0) is 12.8 Å². The van der Waals surface area contributed by atoms with Gasteiger partial charge in [-0.25, -0.2) is 4.98 Å². The average Bonchev–Trinajstić information content (AvgIpc) is 2.60. The predicted molar refractivity (Wildman–Crippen MR) is 93.4 cm³/mol. The van der Waals surface area contributed by atoms with E-state index in [9.17, 15) is 0 Å². The second-order valence-corrected chi connectivity index (χ2v) is 6.32. The minimum Gasteiger partial charge on any atom is -0.248 e. The third kappa shape index (κ3) is 1.69. The Morgan fingerprint density at radius 3 is 2.50 bits per heavy atom. The maximum atomic E-state index is 4.94. The van der Waals surface area contributed by atoms with E-state index in [2.05, 4.69) is 54.6 Å². The Morgan fingerprint density at radius 2 is 1.50 bits per heavy atom. The number of rotatable bonds is 0. The van der Waals surface area contributed by atoms with Crippen molar-refractivity contribution in [3.8, 4) is 0 Å². The van der Waals surface area contributed by atoms with Gasteiger partial charge in [-0.15, -0.1) is 0 Å². The van der Waals surface area contributed by atoms with E-state index in [4.69, 9.17) is 4.98 Å². The summed E-state index contributed by atoms with van der Waals surface area (Å²) in [6.07, 6.45) is 5.05. The highest BCUT2D eigenvalue weighted by Gasteiger charge is 2.14. The number of pyridine rings is 1. The Bertz CT molecular complexity index is 1030. The summed E-state index contributed by atoms with van der Waals surface area (Å²) in [6.45, 7) is 0. The van der Waals surface area contributed by atoms with E-state index in [1.165, 1.54) is 58.4 Å². The van der Waals surface area contributed by atoms with Crippen molar-refractivity contribution in [1.29, 1.82) is 0 Å². The van der Waals surface area contributed by atoms with Gasteiger partial charge in [0.2, 0.25) is 0 Å². The van der Waals surface area contributed by atoms with Crippen molar-refractivity contribution in [3.63, 3.8) is 0 Å². The second-order valence-electron chi connectivity index (χ2n) is 6.32. The molecule has 1 aromatic heterocycles. The molecule has 0 saturated carbocycles. The lowest BCUT2D eigenvalue weighted by Crippen LogP contribution is -2.03. The zero-order valence-electron chi connectivity index (χ0n) is 12.5. The molecular weight excluding hydrogens is 266 g/mol. The molecule has 22 heavy (non-hydrogen) atoms. The zero-order chi connectivity index (χ0) is 14.5. The van der Waals surface area contributed by atoms with Crippen LogP contribution in [0.5, 0.6) is 0 Å². The Hall–Kier alpha value is -2.41. The van der Waals surface area contributed by atoms with Gasteiger partial charge in [-0.1, -0.05) is 36.4 Å². The lowest BCUT2D eigenvalue weighted by molar-refractivity contribution is 0.690. The lowest BCUT2D eigenvalue weighted by Gasteiger charge is -2.18. The molecule has 1 heterocycles. The van der Waals surface area contributed by atoms with Crippen LogP contribution in [-0.4, -0.2) is 4.98 Å². The van der Waals surface area contributed by atoms with E-state index < -0.39 is 0 Å². The van der Waals surface area contributed by atoms with E-state index in [0.717, 1.165) is 11.0 Å². The van der Waals surface area contributed by atoms with Gasteiger partial charge in [-0.05, 0) is 65.8 Å². The van der Waals surface area contributed by atoms with Gasteiger partial charge in [0, 0.05) is 10.8 Å². The van der Waals surface area contributed by atoms with Crippen molar-refractivity contribution >= 4 is 32.6 Å². The number of nitrogens with zero attached hydrogens (tertiary/aromatic N) is 1. The van der Waals surface area contributed by atoms with Crippen LogP contribution in [0.25, 0.3) is 32.6 Å². The summed E-state index contributed by atoms with van der Waals surface area (Å²) in [4.78, 5) is 4.94. The largest absolute Gasteiger partial charge is 0.248 e. The quantitative estimate of drug-likeness (QED) is 0.310. The molecule has 0 unspecified atom stereocenters. The van der Waals surface area contributed by atoms with Crippen LogP contribution in [0.3, 0.4) is 0 Å². The van der Waals surface area contributed by atoms with E-state index in [1.54, 1.807) is 0 Å². The monoisotopic (exact) mass is 283 g/mol. The zero-order valence-corrected chi connectivity index (χ0v) is 12.5. The molecule has 106 valence electrons. The molecule has 0 N–H and O–H groups in total. The molecule has 3 aromatic carbocycles. The van der Waals surface area contributed by atoms with Gasteiger partial charge in [0.05, 0.1) is 11.0 Å². The summed E-state index contributed by atoms with van der Waals surface area (Å²) in [5.41, 5.74) is 5.30. The molecule has 0 saturated heterocycles. The van der Waals surface area contributed by atoms with Gasteiger partial charge in [0.1, 0.15) is 0 Å². The fraction of sp³-hybridized carbons (Fsp3) is 0.190. The molecule has 4 aromatic rings. The highest BCUT2D eigenvalue weighted by atomic mass is 14.7. The average molecular weight is 283 g/mol. The molecule has 0 bridgehead atoms. The van der Waals surface area contributed by atoms with Gasteiger partial charge < -0.3 is 0 Å². The minimum atomic E-state index is 1.10. The maximum Gasteiger partial charge on any atom is 0.0716 e. The summed E-state index contributed by atoms with van der Waals surface area (Å²) in [6, 6.07) is 19.8. The van der Waals surface area contributed by atoms with Crippen molar-refractivity contribution < 1.29 is 0 Å². The Kier molecular flexibility index (Phi) is 2.51. The molecular formula is C21H17N. The number of aromatic nitrogens is 1. The molecule has 1 heteroatoms. The number of benzene rings is 3. The third-order valence-corrected chi connectivity index (χ3v) is 5.03. The first kappa shape index (κ1) is 12.2. The van der Waals surface area contributed by atoms with Crippen molar-refractivity contribution in [2.45, 2.75) is 25.7 Å². The Morgan fingerprint density at radius 1 is 0.682 bits per heavy atom. The fourth-order valence-electron chi connectivity index (χ4n) is 3.91. The van der Waals surface area contributed by atoms with Crippen LogP contribution >= 0.6 is 0 Å². The summed E-state index contributed by atoms with van der Waals surface area (Å²) < 4.78 is 0. The first-order valence-electron chi connectivity index (χ1n) is 8.13. The summed E-state index contributed by atoms with van der Waals surface area (Å²) in [5, 5.41) is 5.24. The molecule has 1 nitrogen and oxygen atoms in total. The molecule has 5 rings (SSSR count). The van der Waals surface area contributed by atoms with E-state index in [1.807, 2.05) is 0 Å². The SMILES string of the molecule is c1ccc2c(c1)ccc1nc3ccc4c(c3cc12)CCCC4. The van der Waals surface area contributed by atoms with Crippen LogP contribution in [0, 0.1) is 0 Å². The summed E-state index contributed by atoms with van der Waals surface area (Å²) in [7, 11) is 0. The first-order valence-corrected chi connectivity index (χ1v) is 8.13. The first-order chi connectivity index (χ1) is 10.9. The molecule has 0 radical (unpaired) electrons. The molecule has 0 amide bonds. The summed E-state index contributed by atoms with van der Waals surface area (Å²) >= 11 is 0. The fourth-order valence-corrected chi connectivity index (χ4v) is 3.91. The van der Waals surface area contributed by atoms with Gasteiger partial charge in [-0.2, -0.15) is 0 Å². The number of aryl methyl sites for hydroxylation is 2. The van der Waals surface area contributed by atoms with Crippen molar-refractivity contribution in [3.05, 3.63) is 65.7 Å². The molecule has 0 fully saturated rings. The van der Waals surface area contributed by atoms with Gasteiger partial charge in [-0.3, -0.25) is 0 Å².